The highest BCUT2D eigenvalue weighted by Gasteiger charge is 2.24. The van der Waals surface area contributed by atoms with Gasteiger partial charge in [0.2, 0.25) is 0 Å². The van der Waals surface area contributed by atoms with Crippen LogP contribution in [0.4, 0.5) is 0 Å². The Bertz CT molecular complexity index is 511. The van der Waals surface area contributed by atoms with E-state index in [2.05, 4.69) is 38.1 Å². The van der Waals surface area contributed by atoms with E-state index in [0.717, 1.165) is 23.7 Å². The fraction of sp³-hybridized carbons (Fsp3) is 0.786. The van der Waals surface area contributed by atoms with E-state index in [0.29, 0.717) is 0 Å². The molecule has 0 aromatic heterocycles. The number of hydrogen-bond acceptors (Lipinski definition) is 0. The summed E-state index contributed by atoms with van der Waals surface area (Å²) in [4.78, 5) is 0. The zero-order valence-electron chi connectivity index (χ0n) is 18.9. The van der Waals surface area contributed by atoms with Crippen molar-refractivity contribution in [3.05, 3.63) is 35.4 Å². The molecule has 2 aliphatic carbocycles. The third-order valence-electron chi connectivity index (χ3n) is 8.02. The Morgan fingerprint density at radius 2 is 0.893 bits per heavy atom. The SMILES string of the molecule is CCCc1ccc(CCC2CCC(CCC3CCC(CCC)CC3)CC2)cc1. The second-order valence-electron chi connectivity index (χ2n) is 10.2. The molecule has 0 bridgehead atoms. The number of rotatable bonds is 10. The zero-order chi connectivity index (χ0) is 19.6. The molecule has 1 aromatic rings. The lowest BCUT2D eigenvalue weighted by Gasteiger charge is -2.32. The van der Waals surface area contributed by atoms with Crippen LogP contribution in [-0.4, -0.2) is 0 Å². The second kappa shape index (κ2) is 12.0. The van der Waals surface area contributed by atoms with Gasteiger partial charge >= 0.3 is 0 Å². The summed E-state index contributed by atoms with van der Waals surface area (Å²) in [5, 5.41) is 0. The maximum atomic E-state index is 2.38. The van der Waals surface area contributed by atoms with Crippen LogP contribution in [0.3, 0.4) is 0 Å². The van der Waals surface area contributed by atoms with Crippen molar-refractivity contribution in [1.82, 2.24) is 0 Å². The Hall–Kier alpha value is -0.780. The molecule has 0 aliphatic heterocycles. The maximum Gasteiger partial charge on any atom is -0.0276 e. The van der Waals surface area contributed by atoms with Gasteiger partial charge in [0.25, 0.3) is 0 Å². The van der Waals surface area contributed by atoms with Gasteiger partial charge in [-0.1, -0.05) is 122 Å². The van der Waals surface area contributed by atoms with Crippen molar-refractivity contribution in [1.29, 1.82) is 0 Å². The quantitative estimate of drug-likeness (QED) is 0.379. The summed E-state index contributed by atoms with van der Waals surface area (Å²) in [7, 11) is 0. The van der Waals surface area contributed by atoms with E-state index in [1.54, 1.807) is 5.56 Å². The number of hydrogen-bond donors (Lipinski definition) is 0. The van der Waals surface area contributed by atoms with E-state index < -0.39 is 0 Å². The molecule has 1 aromatic carbocycles. The molecule has 0 radical (unpaired) electrons. The molecular weight excluding hydrogens is 336 g/mol. The molecule has 0 heteroatoms. The highest BCUT2D eigenvalue weighted by atomic mass is 14.3. The normalized spacial score (nSPS) is 28.4. The van der Waals surface area contributed by atoms with Crippen LogP contribution in [0.2, 0.25) is 0 Å². The second-order valence-corrected chi connectivity index (χ2v) is 10.2. The van der Waals surface area contributed by atoms with Crippen LogP contribution >= 0.6 is 0 Å². The Morgan fingerprint density at radius 1 is 0.500 bits per heavy atom. The predicted octanol–water partition coefficient (Wildman–Crippen LogP) is 8.76. The summed E-state index contributed by atoms with van der Waals surface area (Å²) < 4.78 is 0. The summed E-state index contributed by atoms with van der Waals surface area (Å²) in [5.74, 6) is 4.19. The zero-order valence-corrected chi connectivity index (χ0v) is 18.9. The molecule has 2 fully saturated rings. The van der Waals surface area contributed by atoms with Crippen LogP contribution in [0.15, 0.2) is 24.3 Å². The van der Waals surface area contributed by atoms with Crippen LogP contribution < -0.4 is 0 Å². The first-order chi connectivity index (χ1) is 13.8. The van der Waals surface area contributed by atoms with Gasteiger partial charge in [-0.05, 0) is 54.1 Å². The van der Waals surface area contributed by atoms with E-state index in [9.17, 15) is 0 Å². The first kappa shape index (κ1) is 21.9. The molecule has 0 atom stereocenters. The summed E-state index contributed by atoms with van der Waals surface area (Å²) in [6.07, 6.45) is 23.3. The summed E-state index contributed by atoms with van der Waals surface area (Å²) >= 11 is 0. The van der Waals surface area contributed by atoms with Crippen molar-refractivity contribution in [3.63, 3.8) is 0 Å². The topological polar surface area (TPSA) is 0 Å². The smallest absolute Gasteiger partial charge is 0.0276 e. The Morgan fingerprint density at radius 3 is 1.32 bits per heavy atom. The van der Waals surface area contributed by atoms with Gasteiger partial charge in [0.1, 0.15) is 0 Å². The highest BCUT2D eigenvalue weighted by Crippen LogP contribution is 2.38. The molecule has 0 N–H and O–H groups in total. The molecule has 0 nitrogen and oxygen atoms in total. The monoisotopic (exact) mass is 382 g/mol. The largest absolute Gasteiger partial charge is 0.0654 e. The minimum atomic E-state index is 0.996. The Kier molecular flexibility index (Phi) is 9.42. The summed E-state index contributed by atoms with van der Waals surface area (Å²) in [6.45, 7) is 4.62. The Labute approximate surface area is 175 Å². The molecule has 158 valence electrons. The van der Waals surface area contributed by atoms with Gasteiger partial charge in [0.15, 0.2) is 0 Å². The summed E-state index contributed by atoms with van der Waals surface area (Å²) in [5.41, 5.74) is 3.06. The van der Waals surface area contributed by atoms with Crippen LogP contribution in [0.5, 0.6) is 0 Å². The fourth-order valence-electron chi connectivity index (χ4n) is 6.03. The van der Waals surface area contributed by atoms with Crippen LogP contribution in [0.1, 0.15) is 115 Å². The molecule has 3 rings (SSSR count). The molecular formula is C28H46. The van der Waals surface area contributed by atoms with Gasteiger partial charge in [-0.25, -0.2) is 0 Å². The first-order valence-corrected chi connectivity index (χ1v) is 12.8. The highest BCUT2D eigenvalue weighted by molar-refractivity contribution is 5.22. The molecule has 2 saturated carbocycles. The average Bonchev–Trinajstić information content (AvgIpc) is 2.74. The minimum Gasteiger partial charge on any atom is -0.0654 e. The van der Waals surface area contributed by atoms with Crippen molar-refractivity contribution in [2.75, 3.05) is 0 Å². The van der Waals surface area contributed by atoms with Crippen LogP contribution in [0.25, 0.3) is 0 Å². The van der Waals surface area contributed by atoms with Crippen LogP contribution in [-0.2, 0) is 12.8 Å². The standard InChI is InChI=1S/C28H46/c1-3-5-23-7-11-25(12-8-23)15-17-27-19-21-28(22-20-27)18-16-26-13-9-24(6-4-2)10-14-26/h7-8,11-12,24,26-28H,3-6,9-10,13-22H2,1-2H3. The lowest BCUT2D eigenvalue weighted by atomic mass is 9.74. The van der Waals surface area contributed by atoms with E-state index in [1.807, 2.05) is 0 Å². The van der Waals surface area contributed by atoms with E-state index in [1.165, 1.54) is 108 Å². The molecule has 0 spiro atoms. The van der Waals surface area contributed by atoms with E-state index in [-0.39, 0.29) is 0 Å². The summed E-state index contributed by atoms with van der Waals surface area (Å²) in [6, 6.07) is 9.47. The predicted molar refractivity (Wildman–Crippen MR) is 124 cm³/mol. The van der Waals surface area contributed by atoms with E-state index in [4.69, 9.17) is 0 Å². The molecule has 0 heterocycles. The van der Waals surface area contributed by atoms with Gasteiger partial charge in [0, 0.05) is 0 Å². The Balaban J connectivity index is 1.27. The van der Waals surface area contributed by atoms with Crippen molar-refractivity contribution < 1.29 is 0 Å². The van der Waals surface area contributed by atoms with Gasteiger partial charge < -0.3 is 0 Å². The van der Waals surface area contributed by atoms with Crippen LogP contribution in [0, 0.1) is 23.7 Å². The third kappa shape index (κ3) is 7.23. The molecule has 0 amide bonds. The lowest BCUT2D eigenvalue weighted by molar-refractivity contribution is 0.209. The molecule has 0 saturated heterocycles. The van der Waals surface area contributed by atoms with E-state index >= 15 is 0 Å². The molecule has 2 aliphatic rings. The van der Waals surface area contributed by atoms with Crippen molar-refractivity contribution in [3.8, 4) is 0 Å². The van der Waals surface area contributed by atoms with Gasteiger partial charge in [-0.3, -0.25) is 0 Å². The minimum absolute atomic E-state index is 0.996. The van der Waals surface area contributed by atoms with Gasteiger partial charge in [-0.2, -0.15) is 0 Å². The lowest BCUT2D eigenvalue weighted by Crippen LogP contribution is -2.18. The number of aryl methyl sites for hydroxylation is 2. The van der Waals surface area contributed by atoms with Gasteiger partial charge in [0.05, 0.1) is 0 Å². The average molecular weight is 383 g/mol. The van der Waals surface area contributed by atoms with Gasteiger partial charge in [-0.15, -0.1) is 0 Å². The molecule has 28 heavy (non-hydrogen) atoms. The number of benzene rings is 1. The fourth-order valence-corrected chi connectivity index (χ4v) is 6.03. The van der Waals surface area contributed by atoms with Crippen molar-refractivity contribution in [2.24, 2.45) is 23.7 Å². The maximum absolute atomic E-state index is 2.38. The first-order valence-electron chi connectivity index (χ1n) is 12.8. The van der Waals surface area contributed by atoms with Crippen molar-refractivity contribution >= 4 is 0 Å². The molecule has 0 unspecified atom stereocenters. The van der Waals surface area contributed by atoms with Crippen molar-refractivity contribution in [2.45, 2.75) is 117 Å². The third-order valence-corrected chi connectivity index (χ3v) is 8.02.